The Balaban J connectivity index is 1.68. The van der Waals surface area contributed by atoms with Crippen molar-refractivity contribution in [3.05, 3.63) is 90.0 Å². The van der Waals surface area contributed by atoms with Crippen LogP contribution in [0.15, 0.2) is 78.9 Å². The molecule has 3 aromatic carbocycles. The Kier molecular flexibility index (Phi) is 5.44. The van der Waals surface area contributed by atoms with E-state index in [1.54, 1.807) is 24.3 Å². The third kappa shape index (κ3) is 4.16. The van der Waals surface area contributed by atoms with Crippen molar-refractivity contribution in [1.82, 2.24) is 0 Å². The fourth-order valence-electron chi connectivity index (χ4n) is 2.71. The molecule has 0 aliphatic heterocycles. The van der Waals surface area contributed by atoms with Crippen LogP contribution in [0.3, 0.4) is 0 Å². The van der Waals surface area contributed by atoms with Crippen molar-refractivity contribution >= 4 is 17.6 Å². The smallest absolute Gasteiger partial charge is 0.339 e. The van der Waals surface area contributed by atoms with Crippen LogP contribution in [0.4, 0.5) is 5.69 Å². The number of hydrogen-bond donors (Lipinski definition) is 1. The highest BCUT2D eigenvalue weighted by atomic mass is 16.5. The molecule has 0 spiro atoms. The lowest BCUT2D eigenvalue weighted by Crippen LogP contribution is -2.17. The number of hydrogen-bond acceptors (Lipinski definition) is 3. The third-order valence-corrected chi connectivity index (χ3v) is 4.03. The summed E-state index contributed by atoms with van der Waals surface area (Å²) in [7, 11) is 1.31. The maximum atomic E-state index is 12.3. The van der Waals surface area contributed by atoms with Crippen molar-refractivity contribution in [2.45, 2.75) is 6.42 Å². The van der Waals surface area contributed by atoms with Crippen LogP contribution in [-0.4, -0.2) is 19.0 Å². The van der Waals surface area contributed by atoms with Gasteiger partial charge in [0.15, 0.2) is 0 Å². The number of nitrogens with one attached hydrogen (secondary N) is 1. The van der Waals surface area contributed by atoms with Gasteiger partial charge >= 0.3 is 5.97 Å². The number of carbonyl (C=O) groups is 2. The molecule has 0 aromatic heterocycles. The van der Waals surface area contributed by atoms with E-state index >= 15 is 0 Å². The molecule has 0 saturated carbocycles. The Labute approximate surface area is 152 Å². The van der Waals surface area contributed by atoms with Gasteiger partial charge in [0.25, 0.3) is 0 Å². The zero-order chi connectivity index (χ0) is 18.4. The molecule has 4 heteroatoms. The highest BCUT2D eigenvalue weighted by Gasteiger charge is 2.13. The van der Waals surface area contributed by atoms with Crippen molar-refractivity contribution in [3.63, 3.8) is 0 Å². The van der Waals surface area contributed by atoms with Crippen molar-refractivity contribution in [3.8, 4) is 11.1 Å². The zero-order valence-electron chi connectivity index (χ0n) is 14.4. The van der Waals surface area contributed by atoms with Crippen molar-refractivity contribution in [2.75, 3.05) is 12.4 Å². The molecular formula is C22H19NO3. The molecule has 0 aliphatic carbocycles. The molecule has 0 heterocycles. The van der Waals surface area contributed by atoms with Gasteiger partial charge in [0.1, 0.15) is 0 Å². The molecule has 3 aromatic rings. The topological polar surface area (TPSA) is 55.4 Å². The quantitative estimate of drug-likeness (QED) is 0.701. The molecule has 0 fully saturated rings. The molecule has 1 amide bonds. The van der Waals surface area contributed by atoms with E-state index in [1.165, 1.54) is 7.11 Å². The summed E-state index contributed by atoms with van der Waals surface area (Å²) in [5.74, 6) is -0.665. The van der Waals surface area contributed by atoms with Gasteiger partial charge < -0.3 is 10.1 Å². The van der Waals surface area contributed by atoms with Gasteiger partial charge in [0.05, 0.1) is 24.8 Å². The average Bonchev–Trinajstić information content (AvgIpc) is 2.69. The fourth-order valence-corrected chi connectivity index (χ4v) is 2.71. The van der Waals surface area contributed by atoms with E-state index in [1.807, 2.05) is 54.6 Å². The summed E-state index contributed by atoms with van der Waals surface area (Å²) in [6.45, 7) is 0. The minimum atomic E-state index is -0.479. The number of ether oxygens (including phenoxy) is 1. The molecule has 0 atom stereocenters. The average molecular weight is 345 g/mol. The predicted octanol–water partition coefficient (Wildman–Crippen LogP) is 4.32. The van der Waals surface area contributed by atoms with Gasteiger partial charge in [-0.2, -0.15) is 0 Å². The lowest BCUT2D eigenvalue weighted by Gasteiger charge is -2.10. The highest BCUT2D eigenvalue weighted by molar-refractivity contribution is 6.01. The van der Waals surface area contributed by atoms with Crippen molar-refractivity contribution in [1.29, 1.82) is 0 Å². The zero-order valence-corrected chi connectivity index (χ0v) is 14.4. The maximum Gasteiger partial charge on any atom is 0.339 e. The van der Waals surface area contributed by atoms with Crippen LogP contribution < -0.4 is 5.32 Å². The van der Waals surface area contributed by atoms with Crippen molar-refractivity contribution in [2.24, 2.45) is 0 Å². The molecule has 1 N–H and O–H groups in total. The largest absolute Gasteiger partial charge is 0.465 e. The number of esters is 1. The Bertz CT molecular complexity index is 902. The number of rotatable bonds is 5. The predicted molar refractivity (Wildman–Crippen MR) is 102 cm³/mol. The number of para-hydroxylation sites is 1. The van der Waals surface area contributed by atoms with Crippen LogP contribution in [0, 0.1) is 0 Å². The van der Waals surface area contributed by atoms with E-state index < -0.39 is 5.97 Å². The number of benzene rings is 3. The minimum absolute atomic E-state index is 0.186. The fraction of sp³-hybridized carbons (Fsp3) is 0.0909. The van der Waals surface area contributed by atoms with E-state index in [-0.39, 0.29) is 12.3 Å². The molecule has 0 radical (unpaired) electrons. The first-order valence-electron chi connectivity index (χ1n) is 8.29. The minimum Gasteiger partial charge on any atom is -0.465 e. The van der Waals surface area contributed by atoms with Crippen molar-refractivity contribution < 1.29 is 14.3 Å². The first-order chi connectivity index (χ1) is 12.7. The normalized spacial score (nSPS) is 10.2. The van der Waals surface area contributed by atoms with Crippen LogP contribution >= 0.6 is 0 Å². The van der Waals surface area contributed by atoms with Gasteiger partial charge in [-0.3, -0.25) is 4.79 Å². The van der Waals surface area contributed by atoms with E-state index in [0.29, 0.717) is 11.3 Å². The number of methoxy groups -OCH3 is 1. The summed E-state index contributed by atoms with van der Waals surface area (Å²) in [6, 6.07) is 24.7. The number of anilines is 1. The second-order valence-corrected chi connectivity index (χ2v) is 5.83. The summed E-state index contributed by atoms with van der Waals surface area (Å²) >= 11 is 0. The van der Waals surface area contributed by atoms with Gasteiger partial charge in [-0.05, 0) is 28.8 Å². The van der Waals surface area contributed by atoms with E-state index in [2.05, 4.69) is 5.32 Å². The van der Waals surface area contributed by atoms with Crippen LogP contribution in [0.1, 0.15) is 15.9 Å². The van der Waals surface area contributed by atoms with Gasteiger partial charge in [0.2, 0.25) is 5.91 Å². The Hall–Kier alpha value is -3.40. The molecule has 130 valence electrons. The molecule has 0 unspecified atom stereocenters. The molecular weight excluding hydrogens is 326 g/mol. The molecule has 0 saturated heterocycles. The Morgan fingerprint density at radius 3 is 2.12 bits per heavy atom. The molecule has 3 rings (SSSR count). The van der Waals surface area contributed by atoms with E-state index in [9.17, 15) is 9.59 Å². The lowest BCUT2D eigenvalue weighted by molar-refractivity contribution is -0.115. The molecule has 26 heavy (non-hydrogen) atoms. The molecule has 0 aliphatic rings. The standard InChI is InChI=1S/C22H19NO3/c1-26-22(25)19-9-5-6-10-20(19)23-21(24)15-16-11-13-18(14-12-16)17-7-3-2-4-8-17/h2-14H,15H2,1H3,(H,23,24). The van der Waals surface area contributed by atoms with Gasteiger partial charge in [-0.1, -0.05) is 66.7 Å². The second kappa shape index (κ2) is 8.12. The summed E-state index contributed by atoms with van der Waals surface area (Å²) < 4.78 is 4.74. The monoisotopic (exact) mass is 345 g/mol. The van der Waals surface area contributed by atoms with E-state index in [0.717, 1.165) is 16.7 Å². The second-order valence-electron chi connectivity index (χ2n) is 5.83. The van der Waals surface area contributed by atoms with Crippen LogP contribution in [0.5, 0.6) is 0 Å². The molecule has 0 bridgehead atoms. The van der Waals surface area contributed by atoms with Gasteiger partial charge in [0, 0.05) is 0 Å². The first kappa shape index (κ1) is 17.4. The Morgan fingerprint density at radius 1 is 0.808 bits per heavy atom. The molecule has 4 nitrogen and oxygen atoms in total. The van der Waals surface area contributed by atoms with Gasteiger partial charge in [-0.15, -0.1) is 0 Å². The highest BCUT2D eigenvalue weighted by Crippen LogP contribution is 2.20. The summed E-state index contributed by atoms with van der Waals surface area (Å²) in [5.41, 5.74) is 3.92. The van der Waals surface area contributed by atoms with Crippen LogP contribution in [0.2, 0.25) is 0 Å². The first-order valence-corrected chi connectivity index (χ1v) is 8.29. The summed E-state index contributed by atoms with van der Waals surface area (Å²) in [6.07, 6.45) is 0.227. The van der Waals surface area contributed by atoms with Gasteiger partial charge in [-0.25, -0.2) is 4.79 Å². The Morgan fingerprint density at radius 2 is 1.42 bits per heavy atom. The van der Waals surface area contributed by atoms with E-state index in [4.69, 9.17) is 4.74 Å². The van der Waals surface area contributed by atoms with Crippen LogP contribution in [-0.2, 0) is 16.0 Å². The maximum absolute atomic E-state index is 12.3. The SMILES string of the molecule is COC(=O)c1ccccc1NC(=O)Cc1ccc(-c2ccccc2)cc1. The number of carbonyl (C=O) groups excluding carboxylic acids is 2. The number of amides is 1. The summed E-state index contributed by atoms with van der Waals surface area (Å²) in [5, 5.41) is 2.78. The van der Waals surface area contributed by atoms with Crippen LogP contribution in [0.25, 0.3) is 11.1 Å². The summed E-state index contributed by atoms with van der Waals surface area (Å²) in [4.78, 5) is 24.1. The third-order valence-electron chi connectivity index (χ3n) is 4.03. The lowest BCUT2D eigenvalue weighted by atomic mass is 10.0.